The van der Waals surface area contributed by atoms with Gasteiger partial charge in [0.25, 0.3) is 0 Å². The maximum Gasteiger partial charge on any atom is 0.248 e. The molecule has 1 aromatic heterocycles. The highest BCUT2D eigenvalue weighted by atomic mass is 79.9. The Balaban J connectivity index is 1.77. The number of benzene rings is 1. The predicted octanol–water partition coefficient (Wildman–Crippen LogP) is 2.70. The molecule has 3 heterocycles. The first-order chi connectivity index (χ1) is 15.7. The molecule has 2 aromatic rings. The highest BCUT2D eigenvalue weighted by Crippen LogP contribution is 2.38. The van der Waals surface area contributed by atoms with Gasteiger partial charge in [-0.3, -0.25) is 14.6 Å². The lowest BCUT2D eigenvalue weighted by Gasteiger charge is -2.40. The number of piperidine rings is 1. The van der Waals surface area contributed by atoms with Crippen LogP contribution in [-0.2, 0) is 21.4 Å². The third-order valence-corrected chi connectivity index (χ3v) is 8.62. The van der Waals surface area contributed by atoms with Gasteiger partial charge in [-0.15, -0.1) is 6.58 Å². The van der Waals surface area contributed by atoms with Gasteiger partial charge in [-0.1, -0.05) is 28.1 Å². The van der Waals surface area contributed by atoms with Crippen LogP contribution in [0.5, 0.6) is 0 Å². The number of nitrogens with two attached hydrogens (primary N) is 1. The molecule has 2 bridgehead atoms. The topological polar surface area (TPSA) is 114 Å². The van der Waals surface area contributed by atoms with Crippen molar-refractivity contribution in [2.24, 2.45) is 11.7 Å². The van der Waals surface area contributed by atoms with E-state index in [1.54, 1.807) is 23.2 Å². The van der Waals surface area contributed by atoms with Crippen molar-refractivity contribution in [2.75, 3.05) is 6.54 Å². The second-order valence-corrected chi connectivity index (χ2v) is 11.1. The number of sulfonamides is 1. The Morgan fingerprint density at radius 3 is 2.73 bits per heavy atom. The molecule has 2 N–H and O–H groups in total. The summed E-state index contributed by atoms with van der Waals surface area (Å²) in [7, 11) is -4.11. The smallest absolute Gasteiger partial charge is 0.248 e. The lowest BCUT2D eigenvalue weighted by atomic mass is 9.90. The Kier molecular flexibility index (Phi) is 6.69. The summed E-state index contributed by atoms with van der Waals surface area (Å²) in [6.45, 7) is 4.59. The van der Waals surface area contributed by atoms with Crippen molar-refractivity contribution in [1.29, 1.82) is 0 Å². The van der Waals surface area contributed by atoms with E-state index in [1.807, 2.05) is 12.1 Å². The molecule has 8 nitrogen and oxygen atoms in total. The van der Waals surface area contributed by atoms with Gasteiger partial charge in [0.15, 0.2) is 0 Å². The molecule has 1 aromatic carbocycles. The largest absolute Gasteiger partial charge is 0.366 e. The van der Waals surface area contributed by atoms with Crippen molar-refractivity contribution < 1.29 is 18.0 Å². The monoisotopic (exact) mass is 532 g/mol. The van der Waals surface area contributed by atoms with Gasteiger partial charge < -0.3 is 10.6 Å². The normalized spacial score (nSPS) is 23.7. The Bertz CT molecular complexity index is 1190. The highest BCUT2D eigenvalue weighted by Gasteiger charge is 2.49. The molecule has 0 spiro atoms. The van der Waals surface area contributed by atoms with E-state index in [9.17, 15) is 18.0 Å². The van der Waals surface area contributed by atoms with Gasteiger partial charge >= 0.3 is 0 Å². The Morgan fingerprint density at radius 1 is 1.27 bits per heavy atom. The summed E-state index contributed by atoms with van der Waals surface area (Å²) in [4.78, 5) is 31.3. The van der Waals surface area contributed by atoms with Gasteiger partial charge in [-0.25, -0.2) is 8.42 Å². The van der Waals surface area contributed by atoms with Crippen molar-refractivity contribution in [3.05, 3.63) is 71.0 Å². The molecule has 4 rings (SSSR count). The Morgan fingerprint density at radius 2 is 2.06 bits per heavy atom. The molecule has 2 unspecified atom stereocenters. The number of rotatable bonds is 6. The van der Waals surface area contributed by atoms with Crippen LogP contribution in [-0.4, -0.2) is 53.0 Å². The van der Waals surface area contributed by atoms with Crippen LogP contribution in [0.4, 0.5) is 0 Å². The van der Waals surface area contributed by atoms with Crippen LogP contribution >= 0.6 is 15.9 Å². The molecule has 10 heteroatoms. The second-order valence-electron chi connectivity index (χ2n) is 8.33. The first kappa shape index (κ1) is 23.6. The molecule has 2 fully saturated rings. The molecule has 3 atom stereocenters. The average Bonchev–Trinajstić information content (AvgIpc) is 2.86. The van der Waals surface area contributed by atoms with Crippen LogP contribution in [0.1, 0.15) is 35.3 Å². The van der Waals surface area contributed by atoms with Crippen molar-refractivity contribution in [3.63, 3.8) is 0 Å². The van der Waals surface area contributed by atoms with E-state index in [-0.39, 0.29) is 22.3 Å². The van der Waals surface area contributed by atoms with Crippen molar-refractivity contribution >= 4 is 37.8 Å². The number of hydrogen-bond acceptors (Lipinski definition) is 5. The lowest BCUT2D eigenvalue weighted by Crippen LogP contribution is -2.54. The zero-order valence-electron chi connectivity index (χ0n) is 17.9. The van der Waals surface area contributed by atoms with Gasteiger partial charge in [0.2, 0.25) is 21.8 Å². The molecule has 0 aliphatic carbocycles. The van der Waals surface area contributed by atoms with Gasteiger partial charge in [0, 0.05) is 34.7 Å². The van der Waals surface area contributed by atoms with Crippen molar-refractivity contribution in [3.8, 4) is 0 Å². The molecule has 2 amide bonds. The second kappa shape index (κ2) is 9.36. The summed E-state index contributed by atoms with van der Waals surface area (Å²) in [5, 5.41) is 0. The number of amides is 2. The van der Waals surface area contributed by atoms with Crippen LogP contribution in [0.25, 0.3) is 0 Å². The number of pyridine rings is 1. The van der Waals surface area contributed by atoms with E-state index in [2.05, 4.69) is 27.5 Å². The van der Waals surface area contributed by atoms with Crippen molar-refractivity contribution in [2.45, 2.75) is 42.8 Å². The van der Waals surface area contributed by atoms with Gasteiger partial charge in [0.05, 0.1) is 17.1 Å². The predicted molar refractivity (Wildman–Crippen MR) is 126 cm³/mol. The van der Waals surface area contributed by atoms with E-state index in [4.69, 9.17) is 5.73 Å². The molecule has 0 radical (unpaired) electrons. The summed E-state index contributed by atoms with van der Waals surface area (Å²) < 4.78 is 29.5. The number of primary amides is 1. The fraction of sp³-hybridized carbons (Fsp3) is 0.348. The molecule has 2 aliphatic heterocycles. The highest BCUT2D eigenvalue weighted by molar-refractivity contribution is 9.10. The molecule has 33 heavy (non-hydrogen) atoms. The molecule has 2 aliphatic rings. The van der Waals surface area contributed by atoms with Crippen LogP contribution in [0.3, 0.4) is 0 Å². The number of carbonyl (C=O) groups is 2. The zero-order valence-corrected chi connectivity index (χ0v) is 20.3. The molecule has 174 valence electrons. The maximum atomic E-state index is 13.9. The average molecular weight is 533 g/mol. The van der Waals surface area contributed by atoms with Crippen LogP contribution in [0.2, 0.25) is 0 Å². The molecule has 2 saturated heterocycles. The number of nitrogens with zero attached hydrogens (tertiary/aromatic N) is 3. The summed E-state index contributed by atoms with van der Waals surface area (Å²) in [5.74, 6) is -1.23. The fourth-order valence-corrected chi connectivity index (χ4v) is 7.29. The van der Waals surface area contributed by atoms with Crippen molar-refractivity contribution in [1.82, 2.24) is 14.2 Å². The fourth-order valence-electron chi connectivity index (χ4n) is 4.70. The standard InChI is InChI=1S/C23H25BrN4O4S/c1-2-15-13-27(14-18-6-3-4-9-26-18)23(30)21-8-5-7-20(15)28(21)33(31,32)19-11-16(22(25)29)10-17(24)12-19/h2-4,6,9-12,15,20-21H,1,5,7-8,13-14H2,(H2,25,29)/t15-,20?,21?/m0/s1. The number of hydrogen-bond donors (Lipinski definition) is 1. The van der Waals surface area contributed by atoms with Crippen LogP contribution in [0, 0.1) is 5.92 Å². The first-order valence-electron chi connectivity index (χ1n) is 10.7. The minimum Gasteiger partial charge on any atom is -0.366 e. The minimum atomic E-state index is -4.11. The maximum absolute atomic E-state index is 13.9. The van der Waals surface area contributed by atoms with E-state index >= 15 is 0 Å². The van der Waals surface area contributed by atoms with Gasteiger partial charge in [-0.05, 0) is 49.6 Å². The number of fused-ring (bicyclic) bond motifs is 2. The summed E-state index contributed by atoms with van der Waals surface area (Å²) in [6.07, 6.45) is 5.18. The van der Waals surface area contributed by atoms with Crippen LogP contribution in [0.15, 0.2) is 64.6 Å². The van der Waals surface area contributed by atoms with E-state index < -0.39 is 28.0 Å². The third-order valence-electron chi connectivity index (χ3n) is 6.25. The summed E-state index contributed by atoms with van der Waals surface area (Å²) in [6, 6.07) is 8.42. The Labute approximate surface area is 201 Å². The van der Waals surface area contributed by atoms with Crippen LogP contribution < -0.4 is 5.73 Å². The number of halogens is 1. The lowest BCUT2D eigenvalue weighted by molar-refractivity contribution is -0.135. The molecular formula is C23H25BrN4O4S. The minimum absolute atomic E-state index is 0.0728. The first-order valence-corrected chi connectivity index (χ1v) is 12.9. The zero-order chi connectivity index (χ0) is 23.8. The molecule has 0 saturated carbocycles. The molecular weight excluding hydrogens is 508 g/mol. The summed E-state index contributed by atoms with van der Waals surface area (Å²) >= 11 is 3.27. The SMILES string of the molecule is C=C[C@H]1CN(Cc2ccccn2)C(=O)C2CCCC1N2S(=O)(=O)c1cc(Br)cc(C(N)=O)c1. The summed E-state index contributed by atoms with van der Waals surface area (Å²) in [5.41, 5.74) is 6.21. The van der Waals surface area contributed by atoms with Gasteiger partial charge in [-0.2, -0.15) is 4.31 Å². The van der Waals surface area contributed by atoms with E-state index in [0.29, 0.717) is 30.4 Å². The Hall–Kier alpha value is -2.56. The quantitative estimate of drug-likeness (QED) is 0.574. The third kappa shape index (κ3) is 4.60. The van der Waals surface area contributed by atoms with Gasteiger partial charge in [0.1, 0.15) is 6.04 Å². The van der Waals surface area contributed by atoms with E-state index in [1.165, 1.54) is 22.5 Å². The van der Waals surface area contributed by atoms with E-state index in [0.717, 1.165) is 12.1 Å². The number of carbonyl (C=O) groups excluding carboxylic acids is 2. The number of aromatic nitrogens is 1.